The number of anilines is 2. The summed E-state index contributed by atoms with van der Waals surface area (Å²) in [7, 11) is 0. The van der Waals surface area contributed by atoms with Gasteiger partial charge in [-0.3, -0.25) is 4.79 Å². The smallest absolute Gasteiger partial charge is 0.336 e. The lowest BCUT2D eigenvalue weighted by atomic mass is 9.98. The lowest BCUT2D eigenvalue weighted by Gasteiger charge is -2.14. The zero-order valence-electron chi connectivity index (χ0n) is 15.0. The van der Waals surface area contributed by atoms with Crippen molar-refractivity contribution < 1.29 is 14.6 Å². The van der Waals surface area contributed by atoms with Gasteiger partial charge in [-0.25, -0.2) is 15.6 Å². The molecule has 0 spiro atoms. The molecule has 0 aliphatic heterocycles. The minimum atomic E-state index is -1.03. The highest BCUT2D eigenvalue weighted by atomic mass is 16.5. The van der Waals surface area contributed by atoms with Gasteiger partial charge in [0.25, 0.3) is 5.56 Å². The number of nitrogen functional groups attached to an aromatic ring is 2. The summed E-state index contributed by atoms with van der Waals surface area (Å²) in [4.78, 5) is 30.4. The highest BCUT2D eigenvalue weighted by molar-refractivity contribution is 5.96. The van der Waals surface area contributed by atoms with E-state index in [4.69, 9.17) is 16.3 Å². The molecule has 3 aromatic rings. The predicted octanol–water partition coefficient (Wildman–Crippen LogP) is 2.07. The molecular weight excluding hydrogens is 362 g/mol. The molecule has 0 aliphatic rings. The fraction of sp³-hybridized carbons (Fsp3) is 0.105. The molecule has 144 valence electrons. The number of nitrogens with zero attached hydrogens (tertiary/aromatic N) is 1. The fourth-order valence-corrected chi connectivity index (χ4v) is 2.80. The number of carbonyl (C=O) groups is 1. The normalized spacial score (nSPS) is 10.5. The number of ether oxygens (including phenoxy) is 1. The zero-order chi connectivity index (χ0) is 20.3. The van der Waals surface area contributed by atoms with E-state index in [1.165, 1.54) is 6.07 Å². The van der Waals surface area contributed by atoms with Crippen molar-refractivity contribution in [2.75, 3.05) is 17.8 Å². The summed E-state index contributed by atoms with van der Waals surface area (Å²) in [6.45, 7) is 2.17. The number of carboxylic acids is 1. The van der Waals surface area contributed by atoms with Crippen LogP contribution in [0.5, 0.6) is 5.75 Å². The van der Waals surface area contributed by atoms with Crippen LogP contribution in [0.1, 0.15) is 17.3 Å². The number of benzene rings is 2. The van der Waals surface area contributed by atoms with Gasteiger partial charge in [0.05, 0.1) is 17.7 Å². The van der Waals surface area contributed by atoms with Gasteiger partial charge in [0.15, 0.2) is 5.82 Å². The standard InChI is InChI=1S/C19H19N5O4/c1-2-28-14-9-10(11-5-3-4-6-12(11)19(26)27)7-8-13(14)16-22-17(24-21)15(20)18(25)23-16/h3-9H,2,20-21H2,1H3,(H,26,27)(H2,22,23,24,25). The van der Waals surface area contributed by atoms with Gasteiger partial charge in [-0.15, -0.1) is 0 Å². The summed E-state index contributed by atoms with van der Waals surface area (Å²) < 4.78 is 5.71. The summed E-state index contributed by atoms with van der Waals surface area (Å²) in [5, 5.41) is 9.43. The van der Waals surface area contributed by atoms with Crippen molar-refractivity contribution in [2.24, 2.45) is 5.84 Å². The number of carboxylic acid groups (broad SMARTS) is 1. The Kier molecular flexibility index (Phi) is 5.28. The highest BCUT2D eigenvalue weighted by Crippen LogP contribution is 2.34. The van der Waals surface area contributed by atoms with Crippen LogP contribution in [0.25, 0.3) is 22.5 Å². The molecule has 2 aromatic carbocycles. The van der Waals surface area contributed by atoms with Gasteiger partial charge in [0.2, 0.25) is 0 Å². The van der Waals surface area contributed by atoms with E-state index < -0.39 is 11.5 Å². The first-order chi connectivity index (χ1) is 13.5. The molecule has 0 fully saturated rings. The van der Waals surface area contributed by atoms with Gasteiger partial charge >= 0.3 is 5.97 Å². The minimum absolute atomic E-state index is 0.0431. The lowest BCUT2D eigenvalue weighted by Crippen LogP contribution is -2.20. The summed E-state index contributed by atoms with van der Waals surface area (Å²) in [6.07, 6.45) is 0. The average Bonchev–Trinajstić information content (AvgIpc) is 2.70. The Bertz CT molecular complexity index is 1090. The fourth-order valence-electron chi connectivity index (χ4n) is 2.80. The van der Waals surface area contributed by atoms with E-state index >= 15 is 0 Å². The van der Waals surface area contributed by atoms with Crippen LogP contribution >= 0.6 is 0 Å². The maximum absolute atomic E-state index is 12.0. The largest absolute Gasteiger partial charge is 0.493 e. The molecule has 9 nitrogen and oxygen atoms in total. The molecule has 1 aromatic heterocycles. The van der Waals surface area contributed by atoms with E-state index in [0.29, 0.717) is 29.0 Å². The second-order valence-corrected chi connectivity index (χ2v) is 5.82. The van der Waals surface area contributed by atoms with Crippen molar-refractivity contribution in [2.45, 2.75) is 6.92 Å². The summed E-state index contributed by atoms with van der Waals surface area (Å²) in [5.41, 5.74) is 9.15. The molecular formula is C19H19N5O4. The summed E-state index contributed by atoms with van der Waals surface area (Å²) >= 11 is 0. The van der Waals surface area contributed by atoms with Crippen LogP contribution in [0, 0.1) is 0 Å². The van der Waals surface area contributed by atoms with Gasteiger partial charge in [0, 0.05) is 0 Å². The molecule has 0 saturated heterocycles. The third-order valence-electron chi connectivity index (χ3n) is 4.10. The summed E-state index contributed by atoms with van der Waals surface area (Å²) in [5.74, 6) is 5.04. The third kappa shape index (κ3) is 3.51. The van der Waals surface area contributed by atoms with Crippen molar-refractivity contribution in [1.29, 1.82) is 0 Å². The Morgan fingerprint density at radius 2 is 2.00 bits per heavy atom. The van der Waals surface area contributed by atoms with Crippen LogP contribution in [0.3, 0.4) is 0 Å². The molecule has 1 heterocycles. The average molecular weight is 381 g/mol. The Labute approximate surface area is 160 Å². The van der Waals surface area contributed by atoms with Crippen LogP contribution in [-0.4, -0.2) is 27.7 Å². The minimum Gasteiger partial charge on any atom is -0.493 e. The third-order valence-corrected chi connectivity index (χ3v) is 4.10. The topological polar surface area (TPSA) is 156 Å². The number of hydrogen-bond acceptors (Lipinski definition) is 7. The van der Waals surface area contributed by atoms with Crippen molar-refractivity contribution in [3.63, 3.8) is 0 Å². The maximum atomic E-state index is 12.0. The van der Waals surface area contributed by atoms with Gasteiger partial charge in [-0.1, -0.05) is 24.3 Å². The number of rotatable bonds is 6. The number of aromatic carboxylic acids is 1. The Balaban J connectivity index is 2.18. The molecule has 0 saturated carbocycles. The quantitative estimate of drug-likeness (QED) is 0.321. The van der Waals surface area contributed by atoms with Crippen molar-refractivity contribution in [3.05, 3.63) is 58.4 Å². The number of nitrogens with one attached hydrogen (secondary N) is 2. The van der Waals surface area contributed by atoms with Crippen LogP contribution < -0.4 is 27.3 Å². The van der Waals surface area contributed by atoms with E-state index in [1.807, 2.05) is 6.92 Å². The van der Waals surface area contributed by atoms with Crippen LogP contribution in [0.15, 0.2) is 47.3 Å². The molecule has 28 heavy (non-hydrogen) atoms. The number of H-pyrrole nitrogens is 1. The predicted molar refractivity (Wildman–Crippen MR) is 106 cm³/mol. The monoisotopic (exact) mass is 381 g/mol. The molecule has 0 amide bonds. The van der Waals surface area contributed by atoms with E-state index in [1.54, 1.807) is 36.4 Å². The maximum Gasteiger partial charge on any atom is 0.336 e. The van der Waals surface area contributed by atoms with E-state index in [9.17, 15) is 14.7 Å². The van der Waals surface area contributed by atoms with Crippen molar-refractivity contribution >= 4 is 17.5 Å². The van der Waals surface area contributed by atoms with Gasteiger partial charge < -0.3 is 26.0 Å². The first kappa shape index (κ1) is 18.9. The lowest BCUT2D eigenvalue weighted by molar-refractivity contribution is 0.0697. The van der Waals surface area contributed by atoms with E-state index in [0.717, 1.165) is 0 Å². The highest BCUT2D eigenvalue weighted by Gasteiger charge is 2.16. The van der Waals surface area contributed by atoms with Crippen LogP contribution in [0.2, 0.25) is 0 Å². The van der Waals surface area contributed by atoms with Crippen LogP contribution in [-0.2, 0) is 0 Å². The molecule has 0 radical (unpaired) electrons. The van der Waals surface area contributed by atoms with Crippen LogP contribution in [0.4, 0.5) is 11.5 Å². The molecule has 9 heteroatoms. The number of hydrazine groups is 1. The zero-order valence-corrected chi connectivity index (χ0v) is 15.0. The Morgan fingerprint density at radius 3 is 2.68 bits per heavy atom. The number of aromatic amines is 1. The molecule has 7 N–H and O–H groups in total. The second-order valence-electron chi connectivity index (χ2n) is 5.82. The number of nitrogens with two attached hydrogens (primary N) is 2. The van der Waals surface area contributed by atoms with Gasteiger partial charge in [0.1, 0.15) is 17.3 Å². The van der Waals surface area contributed by atoms with Gasteiger partial charge in [-0.05, 0) is 36.2 Å². The van der Waals surface area contributed by atoms with E-state index in [2.05, 4.69) is 15.4 Å². The Morgan fingerprint density at radius 1 is 1.25 bits per heavy atom. The van der Waals surface area contributed by atoms with E-state index in [-0.39, 0.29) is 22.9 Å². The number of hydrogen-bond donors (Lipinski definition) is 5. The molecule has 0 bridgehead atoms. The van der Waals surface area contributed by atoms with Crippen molar-refractivity contribution in [1.82, 2.24) is 9.97 Å². The Hall–Kier alpha value is -3.85. The van der Waals surface area contributed by atoms with Crippen molar-refractivity contribution in [3.8, 4) is 28.3 Å². The molecule has 0 atom stereocenters. The van der Waals surface area contributed by atoms with Gasteiger partial charge in [-0.2, -0.15) is 0 Å². The first-order valence-electron chi connectivity index (χ1n) is 8.42. The molecule has 3 rings (SSSR count). The summed E-state index contributed by atoms with van der Waals surface area (Å²) in [6, 6.07) is 11.8. The first-order valence-corrected chi connectivity index (χ1v) is 8.42. The number of aromatic nitrogens is 2. The SMILES string of the molecule is CCOc1cc(-c2ccccc2C(=O)O)ccc1-c1nc(NN)c(N)c(=O)[nH]1. The second kappa shape index (κ2) is 7.80. The molecule has 0 unspecified atom stereocenters. The molecule has 0 aliphatic carbocycles.